The van der Waals surface area contributed by atoms with Gasteiger partial charge in [-0.3, -0.25) is 24.8 Å². The standard InChI is InChI=1S/C26H22N8OS/c1-14(2)8-22(35)30-16-9-15(11-27-12-16)19-10-17-20(13-29-19)33-34-23(17)26-31-18-5-6-28-25(24(18)32-26)21-4-3-7-36-21/h3-7,9-14H,8H2,1-2H3,(H,30,35)(H,31,32)(H,33,34). The van der Waals surface area contributed by atoms with Gasteiger partial charge >= 0.3 is 0 Å². The maximum Gasteiger partial charge on any atom is 0.224 e. The first kappa shape index (κ1) is 22.1. The van der Waals surface area contributed by atoms with Gasteiger partial charge in [-0.1, -0.05) is 19.9 Å². The van der Waals surface area contributed by atoms with E-state index in [0.29, 0.717) is 23.6 Å². The van der Waals surface area contributed by atoms with Crippen molar-refractivity contribution in [2.45, 2.75) is 20.3 Å². The lowest BCUT2D eigenvalue weighted by Crippen LogP contribution is -2.13. The number of aromatic nitrogens is 7. The van der Waals surface area contributed by atoms with Gasteiger partial charge < -0.3 is 10.3 Å². The molecule has 0 aliphatic rings. The Hall–Kier alpha value is -4.44. The zero-order valence-electron chi connectivity index (χ0n) is 19.6. The van der Waals surface area contributed by atoms with Crippen molar-refractivity contribution < 1.29 is 4.79 Å². The summed E-state index contributed by atoms with van der Waals surface area (Å²) in [6, 6.07) is 9.78. The second-order valence-electron chi connectivity index (χ2n) is 8.91. The van der Waals surface area contributed by atoms with Crippen molar-refractivity contribution in [1.82, 2.24) is 35.1 Å². The lowest BCUT2D eigenvalue weighted by molar-refractivity contribution is -0.116. The molecule has 0 aliphatic carbocycles. The van der Waals surface area contributed by atoms with E-state index in [9.17, 15) is 4.79 Å². The average Bonchev–Trinajstić information content (AvgIpc) is 3.62. The van der Waals surface area contributed by atoms with Crippen LogP contribution >= 0.6 is 11.3 Å². The highest BCUT2D eigenvalue weighted by Crippen LogP contribution is 2.33. The van der Waals surface area contributed by atoms with Gasteiger partial charge in [0, 0.05) is 29.8 Å². The number of hydrogen-bond donors (Lipinski definition) is 3. The van der Waals surface area contributed by atoms with Crippen molar-refractivity contribution in [3.8, 4) is 33.3 Å². The number of anilines is 1. The quantitative estimate of drug-likeness (QED) is 0.274. The Morgan fingerprint density at radius 1 is 1.08 bits per heavy atom. The van der Waals surface area contributed by atoms with Gasteiger partial charge in [-0.15, -0.1) is 11.3 Å². The number of rotatable bonds is 6. The van der Waals surface area contributed by atoms with E-state index in [1.807, 2.05) is 49.6 Å². The SMILES string of the molecule is CC(C)CC(=O)Nc1cncc(-c2cc3c(-c4nc5c(-c6cccs6)nccc5[nH]4)n[nH]c3cn2)c1. The molecule has 0 radical (unpaired) electrons. The molecular weight excluding hydrogens is 472 g/mol. The second-order valence-corrected chi connectivity index (χ2v) is 9.86. The number of carbonyl (C=O) groups excluding carboxylic acids is 1. The van der Waals surface area contributed by atoms with E-state index in [1.54, 1.807) is 36.1 Å². The van der Waals surface area contributed by atoms with Crippen LogP contribution in [-0.2, 0) is 4.79 Å². The van der Waals surface area contributed by atoms with Crippen molar-refractivity contribution in [2.24, 2.45) is 5.92 Å². The van der Waals surface area contributed by atoms with Gasteiger partial charge in [0.15, 0.2) is 5.82 Å². The molecule has 10 heteroatoms. The number of hydrogen-bond acceptors (Lipinski definition) is 7. The van der Waals surface area contributed by atoms with Crippen molar-refractivity contribution >= 4 is 44.9 Å². The Labute approximate surface area is 210 Å². The maximum absolute atomic E-state index is 12.2. The van der Waals surface area contributed by atoms with Gasteiger partial charge in [0.25, 0.3) is 0 Å². The molecule has 0 saturated heterocycles. The summed E-state index contributed by atoms with van der Waals surface area (Å²) in [7, 11) is 0. The van der Waals surface area contributed by atoms with Gasteiger partial charge in [-0.25, -0.2) is 4.98 Å². The molecule has 1 amide bonds. The highest BCUT2D eigenvalue weighted by Gasteiger charge is 2.17. The minimum Gasteiger partial charge on any atom is -0.336 e. The largest absolute Gasteiger partial charge is 0.336 e. The number of fused-ring (bicyclic) bond motifs is 2. The Kier molecular flexibility index (Phi) is 5.49. The molecule has 3 N–H and O–H groups in total. The summed E-state index contributed by atoms with van der Waals surface area (Å²) < 4.78 is 0. The summed E-state index contributed by atoms with van der Waals surface area (Å²) in [6.07, 6.45) is 7.34. The first-order valence-corrected chi connectivity index (χ1v) is 12.4. The van der Waals surface area contributed by atoms with Crippen LogP contribution in [0.25, 0.3) is 55.3 Å². The van der Waals surface area contributed by atoms with E-state index in [2.05, 4.69) is 35.5 Å². The molecule has 0 spiro atoms. The third-order valence-electron chi connectivity index (χ3n) is 5.74. The molecule has 9 nitrogen and oxygen atoms in total. The fourth-order valence-electron chi connectivity index (χ4n) is 4.13. The number of aromatic amines is 2. The third-order valence-corrected chi connectivity index (χ3v) is 6.62. The summed E-state index contributed by atoms with van der Waals surface area (Å²) in [5, 5.41) is 13.4. The summed E-state index contributed by atoms with van der Waals surface area (Å²) in [5.74, 6) is 0.887. The van der Waals surface area contributed by atoms with Crippen LogP contribution < -0.4 is 5.32 Å². The molecular formula is C26H22N8OS. The molecule has 0 saturated carbocycles. The van der Waals surface area contributed by atoms with Crippen LogP contribution in [-0.4, -0.2) is 41.0 Å². The zero-order chi connectivity index (χ0) is 24.6. The van der Waals surface area contributed by atoms with Crippen LogP contribution in [0.15, 0.2) is 60.5 Å². The van der Waals surface area contributed by atoms with E-state index < -0.39 is 0 Å². The van der Waals surface area contributed by atoms with E-state index >= 15 is 0 Å². The summed E-state index contributed by atoms with van der Waals surface area (Å²) in [5.41, 5.74) is 6.16. The third kappa shape index (κ3) is 4.11. The Bertz CT molecular complexity index is 1700. The highest BCUT2D eigenvalue weighted by atomic mass is 32.1. The topological polar surface area (TPSA) is 125 Å². The Morgan fingerprint density at radius 3 is 2.83 bits per heavy atom. The molecule has 0 atom stereocenters. The van der Waals surface area contributed by atoms with Crippen molar-refractivity contribution in [3.05, 3.63) is 60.5 Å². The summed E-state index contributed by atoms with van der Waals surface area (Å²) in [6.45, 7) is 4.02. The van der Waals surface area contributed by atoms with Crippen molar-refractivity contribution in [3.63, 3.8) is 0 Å². The van der Waals surface area contributed by atoms with Gasteiger partial charge in [-0.05, 0) is 35.6 Å². The average molecular weight is 495 g/mol. The highest BCUT2D eigenvalue weighted by molar-refractivity contribution is 7.13. The van der Waals surface area contributed by atoms with Crippen LogP contribution in [0.3, 0.4) is 0 Å². The smallest absolute Gasteiger partial charge is 0.224 e. The van der Waals surface area contributed by atoms with E-state index in [4.69, 9.17) is 4.98 Å². The molecule has 6 heterocycles. The molecule has 0 aromatic carbocycles. The number of nitrogens with one attached hydrogen (secondary N) is 3. The fourth-order valence-corrected chi connectivity index (χ4v) is 4.85. The lowest BCUT2D eigenvalue weighted by Gasteiger charge is -2.08. The van der Waals surface area contributed by atoms with Crippen LogP contribution in [0.4, 0.5) is 5.69 Å². The number of H-pyrrole nitrogens is 2. The van der Waals surface area contributed by atoms with Crippen LogP contribution in [0.2, 0.25) is 0 Å². The lowest BCUT2D eigenvalue weighted by atomic mass is 10.1. The molecule has 0 unspecified atom stereocenters. The molecule has 0 fully saturated rings. The fraction of sp³-hybridized carbons (Fsp3) is 0.154. The number of imidazole rings is 1. The van der Waals surface area contributed by atoms with Gasteiger partial charge in [0.1, 0.15) is 16.9 Å². The number of pyridine rings is 3. The molecule has 0 aliphatic heterocycles. The number of amides is 1. The predicted octanol–water partition coefficient (Wildman–Crippen LogP) is 5.67. The van der Waals surface area contributed by atoms with Gasteiger partial charge in [0.05, 0.1) is 39.7 Å². The molecule has 0 bridgehead atoms. The second kappa shape index (κ2) is 8.97. The van der Waals surface area contributed by atoms with Crippen LogP contribution in [0.5, 0.6) is 0 Å². The minimum absolute atomic E-state index is 0.0363. The van der Waals surface area contributed by atoms with Gasteiger partial charge in [-0.2, -0.15) is 5.10 Å². The molecule has 178 valence electrons. The Balaban J connectivity index is 1.38. The molecule has 6 aromatic heterocycles. The van der Waals surface area contributed by atoms with Gasteiger partial charge in [0.2, 0.25) is 5.91 Å². The number of nitrogens with zero attached hydrogens (tertiary/aromatic N) is 5. The van der Waals surface area contributed by atoms with E-state index in [-0.39, 0.29) is 11.8 Å². The first-order valence-electron chi connectivity index (χ1n) is 11.5. The van der Waals surface area contributed by atoms with E-state index in [1.165, 1.54) is 0 Å². The molecule has 6 rings (SSSR count). The van der Waals surface area contributed by atoms with Crippen LogP contribution in [0, 0.1) is 5.92 Å². The monoisotopic (exact) mass is 494 g/mol. The Morgan fingerprint density at radius 2 is 2.00 bits per heavy atom. The number of carbonyl (C=O) groups is 1. The van der Waals surface area contributed by atoms with Crippen molar-refractivity contribution in [1.29, 1.82) is 0 Å². The zero-order valence-corrected chi connectivity index (χ0v) is 20.4. The number of thiophene rings is 1. The first-order chi connectivity index (χ1) is 17.5. The summed E-state index contributed by atoms with van der Waals surface area (Å²) in [4.78, 5) is 35.0. The van der Waals surface area contributed by atoms with Crippen molar-refractivity contribution in [2.75, 3.05) is 5.32 Å². The van der Waals surface area contributed by atoms with E-state index in [0.717, 1.165) is 43.8 Å². The minimum atomic E-state index is -0.0363. The molecule has 6 aromatic rings. The normalized spacial score (nSPS) is 11.5. The summed E-state index contributed by atoms with van der Waals surface area (Å²) >= 11 is 1.63. The maximum atomic E-state index is 12.2. The van der Waals surface area contributed by atoms with Crippen LogP contribution in [0.1, 0.15) is 20.3 Å². The predicted molar refractivity (Wildman–Crippen MR) is 141 cm³/mol. The molecule has 36 heavy (non-hydrogen) atoms.